The Bertz CT molecular complexity index is 423. The van der Waals surface area contributed by atoms with Crippen molar-refractivity contribution in [3.8, 4) is 0 Å². The summed E-state index contributed by atoms with van der Waals surface area (Å²) < 4.78 is 0. The SMILES string of the molecule is C[C@@H]1C=C2[C@@H]3CCC4C(CN4C4CCNC4)C(C1)[C@H]23. The van der Waals surface area contributed by atoms with Crippen LogP contribution in [0, 0.1) is 29.6 Å². The standard InChI is InChI=1S/C17H26N2/c1-10-6-13-12-2-3-16-15(14(7-10)17(12)13)9-19(16)11-4-5-18-8-11/h6,10-12,14-18H,2-5,7-9H2,1H3/t10-,11?,12+,14?,15?,16?,17+/m1/s1. The van der Waals surface area contributed by atoms with Crippen LogP contribution in [0.25, 0.3) is 0 Å². The van der Waals surface area contributed by atoms with Gasteiger partial charge in [0.2, 0.25) is 0 Å². The minimum absolute atomic E-state index is 0.863. The van der Waals surface area contributed by atoms with Gasteiger partial charge in [-0.15, -0.1) is 0 Å². The lowest BCUT2D eigenvalue weighted by molar-refractivity contribution is -0.0530. The summed E-state index contributed by atoms with van der Waals surface area (Å²) in [6, 6.07) is 1.82. The van der Waals surface area contributed by atoms with Crippen molar-refractivity contribution in [3.05, 3.63) is 11.6 Å². The van der Waals surface area contributed by atoms with Crippen LogP contribution in [0.4, 0.5) is 0 Å². The molecule has 19 heavy (non-hydrogen) atoms. The van der Waals surface area contributed by atoms with E-state index >= 15 is 0 Å². The van der Waals surface area contributed by atoms with Gasteiger partial charge >= 0.3 is 0 Å². The molecular weight excluding hydrogens is 232 g/mol. The third-order valence-corrected chi connectivity index (χ3v) is 6.89. The number of fused-ring (bicyclic) bond motifs is 3. The fraction of sp³-hybridized carbons (Fsp3) is 0.882. The zero-order valence-corrected chi connectivity index (χ0v) is 12.0. The molecular formula is C17H26N2. The summed E-state index contributed by atoms with van der Waals surface area (Å²) in [5, 5.41) is 3.55. The number of nitrogens with one attached hydrogen (secondary N) is 1. The molecule has 0 aromatic heterocycles. The fourth-order valence-electron chi connectivity index (χ4n) is 6.01. The lowest BCUT2D eigenvalue weighted by Crippen LogP contribution is -2.62. The molecule has 0 aromatic rings. The van der Waals surface area contributed by atoms with Crippen molar-refractivity contribution in [2.75, 3.05) is 19.6 Å². The van der Waals surface area contributed by atoms with E-state index in [0.717, 1.165) is 41.7 Å². The van der Waals surface area contributed by atoms with Crippen molar-refractivity contribution in [2.45, 2.75) is 44.7 Å². The van der Waals surface area contributed by atoms with Crippen molar-refractivity contribution >= 4 is 0 Å². The van der Waals surface area contributed by atoms with E-state index in [4.69, 9.17) is 0 Å². The molecule has 2 aliphatic heterocycles. The first-order chi connectivity index (χ1) is 9.33. The van der Waals surface area contributed by atoms with Crippen LogP contribution in [0.5, 0.6) is 0 Å². The van der Waals surface area contributed by atoms with E-state index in [1.165, 1.54) is 45.3 Å². The normalized spacial score (nSPS) is 55.6. The second-order valence-electron chi connectivity index (χ2n) is 7.83. The Hall–Kier alpha value is -0.340. The van der Waals surface area contributed by atoms with Gasteiger partial charge in [0.05, 0.1) is 0 Å². The quantitative estimate of drug-likeness (QED) is 0.726. The zero-order valence-electron chi connectivity index (χ0n) is 12.0. The Kier molecular flexibility index (Phi) is 2.30. The molecule has 7 atom stereocenters. The van der Waals surface area contributed by atoms with Crippen molar-refractivity contribution in [1.29, 1.82) is 0 Å². The number of rotatable bonds is 1. The molecule has 0 radical (unpaired) electrons. The molecule has 104 valence electrons. The summed E-state index contributed by atoms with van der Waals surface area (Å²) in [4.78, 5) is 2.87. The summed E-state index contributed by atoms with van der Waals surface area (Å²) in [6.45, 7) is 6.36. The topological polar surface area (TPSA) is 15.3 Å². The first kappa shape index (κ1) is 11.3. The molecule has 2 saturated carbocycles. The van der Waals surface area contributed by atoms with E-state index in [1.54, 1.807) is 0 Å². The van der Waals surface area contributed by atoms with Gasteiger partial charge in [-0.1, -0.05) is 18.6 Å². The molecule has 5 rings (SSSR count). The van der Waals surface area contributed by atoms with Crippen LogP contribution in [-0.4, -0.2) is 36.6 Å². The molecule has 2 heterocycles. The molecule has 3 aliphatic carbocycles. The predicted molar refractivity (Wildman–Crippen MR) is 76.8 cm³/mol. The van der Waals surface area contributed by atoms with Gasteiger partial charge in [-0.25, -0.2) is 0 Å². The van der Waals surface area contributed by atoms with Gasteiger partial charge in [0.1, 0.15) is 0 Å². The van der Waals surface area contributed by atoms with Crippen LogP contribution in [0.15, 0.2) is 11.6 Å². The molecule has 2 saturated heterocycles. The third-order valence-electron chi connectivity index (χ3n) is 6.89. The van der Waals surface area contributed by atoms with Crippen molar-refractivity contribution in [2.24, 2.45) is 29.6 Å². The molecule has 5 aliphatic rings. The van der Waals surface area contributed by atoms with Crippen LogP contribution < -0.4 is 5.32 Å². The number of allylic oxidation sites excluding steroid dienone is 2. The van der Waals surface area contributed by atoms with Gasteiger partial charge < -0.3 is 5.32 Å². The van der Waals surface area contributed by atoms with Gasteiger partial charge in [-0.3, -0.25) is 4.90 Å². The maximum Gasteiger partial charge on any atom is 0.0235 e. The highest BCUT2D eigenvalue weighted by molar-refractivity contribution is 5.36. The number of hydrogen-bond donors (Lipinski definition) is 1. The smallest absolute Gasteiger partial charge is 0.0235 e. The van der Waals surface area contributed by atoms with Gasteiger partial charge in [-0.05, 0) is 61.8 Å². The van der Waals surface area contributed by atoms with Crippen LogP contribution >= 0.6 is 0 Å². The second-order valence-corrected chi connectivity index (χ2v) is 7.83. The number of hydrogen-bond acceptors (Lipinski definition) is 2. The first-order valence-electron chi connectivity index (χ1n) is 8.51. The average molecular weight is 258 g/mol. The first-order valence-corrected chi connectivity index (χ1v) is 8.51. The largest absolute Gasteiger partial charge is 0.315 e. The van der Waals surface area contributed by atoms with Crippen LogP contribution in [0.3, 0.4) is 0 Å². The van der Waals surface area contributed by atoms with Gasteiger partial charge in [0, 0.05) is 25.2 Å². The van der Waals surface area contributed by atoms with E-state index in [2.05, 4.69) is 23.2 Å². The summed E-state index contributed by atoms with van der Waals surface area (Å²) in [5.41, 5.74) is 1.88. The Morgan fingerprint density at radius 2 is 2.16 bits per heavy atom. The highest BCUT2D eigenvalue weighted by atomic mass is 15.3. The van der Waals surface area contributed by atoms with Gasteiger partial charge in [0.25, 0.3) is 0 Å². The van der Waals surface area contributed by atoms with Crippen molar-refractivity contribution in [3.63, 3.8) is 0 Å². The summed E-state index contributed by atoms with van der Waals surface area (Å²) in [6.07, 6.45) is 8.50. The summed E-state index contributed by atoms with van der Waals surface area (Å²) in [5.74, 6) is 5.02. The molecule has 0 spiro atoms. The summed E-state index contributed by atoms with van der Waals surface area (Å²) in [7, 11) is 0. The Balaban J connectivity index is 1.38. The minimum atomic E-state index is 0.863. The summed E-state index contributed by atoms with van der Waals surface area (Å²) >= 11 is 0. The van der Waals surface area contributed by atoms with Gasteiger partial charge in [0.15, 0.2) is 0 Å². The number of likely N-dealkylation sites (tertiary alicyclic amines) is 1. The molecule has 4 unspecified atom stereocenters. The van der Waals surface area contributed by atoms with E-state index < -0.39 is 0 Å². The highest BCUT2D eigenvalue weighted by Crippen LogP contribution is 2.64. The Morgan fingerprint density at radius 1 is 1.21 bits per heavy atom. The van der Waals surface area contributed by atoms with Gasteiger partial charge in [-0.2, -0.15) is 0 Å². The molecule has 2 heteroatoms. The molecule has 1 N–H and O–H groups in total. The fourth-order valence-corrected chi connectivity index (χ4v) is 6.01. The zero-order chi connectivity index (χ0) is 12.6. The van der Waals surface area contributed by atoms with Crippen LogP contribution in [0.2, 0.25) is 0 Å². The van der Waals surface area contributed by atoms with E-state index in [-0.39, 0.29) is 0 Å². The maximum atomic E-state index is 3.55. The second kappa shape index (κ2) is 3.85. The molecule has 0 aromatic carbocycles. The predicted octanol–water partition coefficient (Wildman–Crippen LogP) is 2.27. The molecule has 0 bridgehead atoms. The minimum Gasteiger partial charge on any atom is -0.315 e. The Labute approximate surface area is 116 Å². The van der Waals surface area contributed by atoms with Crippen LogP contribution in [0.1, 0.15) is 32.6 Å². The van der Waals surface area contributed by atoms with Crippen molar-refractivity contribution < 1.29 is 0 Å². The lowest BCUT2D eigenvalue weighted by atomic mass is 9.70. The lowest BCUT2D eigenvalue weighted by Gasteiger charge is -2.54. The molecule has 4 fully saturated rings. The van der Waals surface area contributed by atoms with E-state index in [9.17, 15) is 0 Å². The Morgan fingerprint density at radius 3 is 3.00 bits per heavy atom. The third kappa shape index (κ3) is 1.50. The number of nitrogens with zero attached hydrogens (tertiary/aromatic N) is 1. The maximum absolute atomic E-state index is 3.55. The van der Waals surface area contributed by atoms with E-state index in [0.29, 0.717) is 0 Å². The average Bonchev–Trinajstić information content (AvgIpc) is 2.83. The van der Waals surface area contributed by atoms with Crippen molar-refractivity contribution in [1.82, 2.24) is 10.2 Å². The highest BCUT2D eigenvalue weighted by Gasteiger charge is 2.60. The van der Waals surface area contributed by atoms with E-state index in [1.807, 2.05) is 5.57 Å². The monoisotopic (exact) mass is 258 g/mol. The molecule has 0 amide bonds. The molecule has 2 nitrogen and oxygen atoms in total. The van der Waals surface area contributed by atoms with Crippen LogP contribution in [-0.2, 0) is 0 Å².